The Balaban J connectivity index is 4.48. The Morgan fingerprint density at radius 3 is 1.50 bits per heavy atom. The molecule has 6 heteroatoms. The lowest BCUT2D eigenvalue weighted by molar-refractivity contribution is 0.00898. The molecule has 110 valence electrons. The molecular weight excluding hydrogens is 262 g/mol. The van der Waals surface area contributed by atoms with Crippen LogP contribution in [0.25, 0.3) is 0 Å². The SMILES string of the molecule is CCCC(C)(CF)OS(=O)OC(C)(CF)CCC. The van der Waals surface area contributed by atoms with Gasteiger partial charge in [-0.2, -0.15) is 4.21 Å². The predicted octanol–water partition coefficient (Wildman–Crippen LogP) is 3.65. The molecule has 0 radical (unpaired) electrons. The zero-order valence-corrected chi connectivity index (χ0v) is 12.4. The Morgan fingerprint density at radius 1 is 0.944 bits per heavy atom. The highest BCUT2D eigenvalue weighted by Crippen LogP contribution is 2.25. The van der Waals surface area contributed by atoms with E-state index in [2.05, 4.69) is 0 Å². The molecule has 0 aliphatic rings. The molecule has 0 amide bonds. The minimum absolute atomic E-state index is 0.429. The smallest absolute Gasteiger partial charge is 0.259 e. The highest BCUT2D eigenvalue weighted by atomic mass is 32.2. The molecule has 0 aliphatic heterocycles. The third-order valence-electron chi connectivity index (χ3n) is 2.66. The lowest BCUT2D eigenvalue weighted by atomic mass is 10.0. The van der Waals surface area contributed by atoms with Crippen molar-refractivity contribution in [3.05, 3.63) is 0 Å². The van der Waals surface area contributed by atoms with Crippen LogP contribution in [0.5, 0.6) is 0 Å². The lowest BCUT2D eigenvalue weighted by Crippen LogP contribution is -2.37. The molecule has 0 rings (SSSR count). The molecule has 0 spiro atoms. The maximum atomic E-state index is 12.9. The van der Waals surface area contributed by atoms with Gasteiger partial charge in [-0.25, -0.2) is 8.78 Å². The fourth-order valence-corrected chi connectivity index (χ4v) is 2.61. The zero-order valence-electron chi connectivity index (χ0n) is 11.6. The highest BCUT2D eigenvalue weighted by Gasteiger charge is 2.33. The van der Waals surface area contributed by atoms with Crippen molar-refractivity contribution in [2.45, 2.75) is 64.6 Å². The van der Waals surface area contributed by atoms with Crippen LogP contribution in [0.1, 0.15) is 53.4 Å². The van der Waals surface area contributed by atoms with Crippen LogP contribution in [0.3, 0.4) is 0 Å². The monoisotopic (exact) mass is 286 g/mol. The zero-order chi connectivity index (χ0) is 14.2. The predicted molar refractivity (Wildman–Crippen MR) is 68.9 cm³/mol. The summed E-state index contributed by atoms with van der Waals surface area (Å²) < 4.78 is 47.6. The average Bonchev–Trinajstić information content (AvgIpc) is 2.29. The first-order valence-corrected chi connectivity index (χ1v) is 7.27. The fraction of sp³-hybridized carbons (Fsp3) is 1.00. The molecular formula is C12H24F2O3S. The standard InChI is InChI=1S/C12H24F2O3S/c1-5-7-11(3,9-13)16-18(15)17-12(4,10-14)8-6-2/h5-10H2,1-4H3. The fourth-order valence-electron chi connectivity index (χ4n) is 1.66. The third-order valence-corrected chi connectivity index (χ3v) is 3.74. The van der Waals surface area contributed by atoms with Gasteiger partial charge in [0.05, 0.1) is 0 Å². The van der Waals surface area contributed by atoms with Crippen molar-refractivity contribution in [2.24, 2.45) is 0 Å². The van der Waals surface area contributed by atoms with Crippen molar-refractivity contribution < 1.29 is 21.4 Å². The number of hydrogen-bond acceptors (Lipinski definition) is 3. The van der Waals surface area contributed by atoms with E-state index in [0.717, 1.165) is 0 Å². The van der Waals surface area contributed by atoms with Gasteiger partial charge in [0.15, 0.2) is 0 Å². The number of halogens is 2. The maximum absolute atomic E-state index is 12.9. The van der Waals surface area contributed by atoms with Gasteiger partial charge < -0.3 is 0 Å². The van der Waals surface area contributed by atoms with Crippen LogP contribution in [0.15, 0.2) is 0 Å². The summed E-state index contributed by atoms with van der Waals surface area (Å²) in [5, 5.41) is 0. The molecule has 0 aromatic rings. The minimum atomic E-state index is -2.14. The van der Waals surface area contributed by atoms with E-state index in [4.69, 9.17) is 8.37 Å². The summed E-state index contributed by atoms with van der Waals surface area (Å²) >= 11 is -2.14. The Bertz CT molecular complexity index is 242. The van der Waals surface area contributed by atoms with E-state index < -0.39 is 35.9 Å². The van der Waals surface area contributed by atoms with Crippen molar-refractivity contribution >= 4 is 11.4 Å². The highest BCUT2D eigenvalue weighted by molar-refractivity contribution is 7.75. The molecule has 0 aliphatic carbocycles. The Morgan fingerprint density at radius 2 is 1.28 bits per heavy atom. The van der Waals surface area contributed by atoms with Gasteiger partial charge >= 0.3 is 11.4 Å². The summed E-state index contributed by atoms with van der Waals surface area (Å²) in [5.41, 5.74) is -2.27. The van der Waals surface area contributed by atoms with E-state index >= 15 is 0 Å². The first-order chi connectivity index (χ1) is 8.34. The van der Waals surface area contributed by atoms with Gasteiger partial charge in [0.1, 0.15) is 24.6 Å². The number of rotatable bonds is 10. The average molecular weight is 286 g/mol. The molecule has 0 aromatic carbocycles. The molecule has 18 heavy (non-hydrogen) atoms. The summed E-state index contributed by atoms with van der Waals surface area (Å²) in [6.07, 6.45) is 2.26. The normalized spacial score (nSPS) is 20.1. The summed E-state index contributed by atoms with van der Waals surface area (Å²) in [4.78, 5) is 0. The molecule has 0 fully saturated rings. The second kappa shape index (κ2) is 8.17. The van der Waals surface area contributed by atoms with Crippen LogP contribution in [-0.4, -0.2) is 28.8 Å². The van der Waals surface area contributed by atoms with Gasteiger partial charge in [0.2, 0.25) is 0 Å². The van der Waals surface area contributed by atoms with E-state index in [1.807, 2.05) is 13.8 Å². The molecule has 0 bridgehead atoms. The van der Waals surface area contributed by atoms with E-state index in [1.165, 1.54) is 13.8 Å². The van der Waals surface area contributed by atoms with E-state index in [9.17, 15) is 13.0 Å². The second-order valence-electron chi connectivity index (χ2n) is 5.04. The molecule has 3 nitrogen and oxygen atoms in total. The summed E-state index contributed by atoms with van der Waals surface area (Å²) in [6, 6.07) is 0. The van der Waals surface area contributed by atoms with Gasteiger partial charge in [-0.05, 0) is 26.7 Å². The minimum Gasteiger partial charge on any atom is -0.259 e. The van der Waals surface area contributed by atoms with E-state index in [-0.39, 0.29) is 0 Å². The van der Waals surface area contributed by atoms with E-state index in [0.29, 0.717) is 25.7 Å². The van der Waals surface area contributed by atoms with Gasteiger partial charge in [-0.1, -0.05) is 26.7 Å². The summed E-state index contributed by atoms with van der Waals surface area (Å²) in [6.45, 7) is 5.31. The van der Waals surface area contributed by atoms with Crippen LogP contribution in [0.2, 0.25) is 0 Å². The quantitative estimate of drug-likeness (QED) is 0.615. The van der Waals surface area contributed by atoms with Gasteiger partial charge in [-0.15, -0.1) is 0 Å². The third kappa shape index (κ3) is 6.20. The molecule has 2 unspecified atom stereocenters. The largest absolute Gasteiger partial charge is 0.305 e. The molecule has 0 saturated carbocycles. The first kappa shape index (κ1) is 17.9. The van der Waals surface area contributed by atoms with Crippen molar-refractivity contribution in [1.29, 1.82) is 0 Å². The van der Waals surface area contributed by atoms with Gasteiger partial charge in [-0.3, -0.25) is 8.37 Å². The second-order valence-corrected chi connectivity index (χ2v) is 5.78. The summed E-state index contributed by atoms with van der Waals surface area (Å²) in [5.74, 6) is 0. The van der Waals surface area contributed by atoms with Crippen LogP contribution >= 0.6 is 0 Å². The Hall–Kier alpha value is -0.0700. The Kier molecular flexibility index (Phi) is 8.14. The van der Waals surface area contributed by atoms with Crippen molar-refractivity contribution in [1.82, 2.24) is 0 Å². The molecule has 0 heterocycles. The lowest BCUT2D eigenvalue weighted by Gasteiger charge is -2.29. The van der Waals surface area contributed by atoms with Crippen molar-refractivity contribution in [2.75, 3.05) is 13.3 Å². The van der Waals surface area contributed by atoms with Crippen molar-refractivity contribution in [3.8, 4) is 0 Å². The first-order valence-electron chi connectivity index (χ1n) is 6.27. The van der Waals surface area contributed by atoms with Gasteiger partial charge in [0, 0.05) is 0 Å². The molecule has 0 aromatic heterocycles. The topological polar surface area (TPSA) is 35.5 Å². The summed E-state index contributed by atoms with van der Waals surface area (Å²) in [7, 11) is 0. The van der Waals surface area contributed by atoms with Gasteiger partial charge in [0.25, 0.3) is 0 Å². The maximum Gasteiger partial charge on any atom is 0.305 e. The van der Waals surface area contributed by atoms with Crippen LogP contribution in [0, 0.1) is 0 Å². The van der Waals surface area contributed by atoms with Crippen LogP contribution in [-0.2, 0) is 19.7 Å². The molecule has 0 saturated heterocycles. The molecule has 0 N–H and O–H groups in total. The van der Waals surface area contributed by atoms with Crippen LogP contribution in [0.4, 0.5) is 8.78 Å². The number of alkyl halides is 2. The van der Waals surface area contributed by atoms with Crippen molar-refractivity contribution in [3.63, 3.8) is 0 Å². The van der Waals surface area contributed by atoms with Crippen LogP contribution < -0.4 is 0 Å². The van der Waals surface area contributed by atoms with E-state index in [1.54, 1.807) is 0 Å². The Labute approximate surface area is 111 Å². The number of hydrogen-bond donors (Lipinski definition) is 0. The molecule has 2 atom stereocenters.